The van der Waals surface area contributed by atoms with Crippen molar-refractivity contribution in [3.63, 3.8) is 0 Å². The third kappa shape index (κ3) is 4.82. The van der Waals surface area contributed by atoms with Crippen molar-refractivity contribution in [1.82, 2.24) is 0 Å². The first kappa shape index (κ1) is 15.4. The van der Waals surface area contributed by atoms with Gasteiger partial charge in [-0.3, -0.25) is 0 Å². The van der Waals surface area contributed by atoms with E-state index in [0.717, 1.165) is 43.7 Å². The molecule has 2 N–H and O–H groups in total. The summed E-state index contributed by atoms with van der Waals surface area (Å²) in [5.41, 5.74) is 7.74. The first-order chi connectivity index (χ1) is 9.00. The van der Waals surface area contributed by atoms with Crippen molar-refractivity contribution in [2.45, 2.75) is 40.0 Å². The van der Waals surface area contributed by atoms with E-state index in [-0.39, 0.29) is 5.41 Å². The molecule has 0 aromatic heterocycles. The Morgan fingerprint density at radius 2 is 1.95 bits per heavy atom. The van der Waals surface area contributed by atoms with Crippen LogP contribution >= 0.6 is 0 Å². The van der Waals surface area contributed by atoms with E-state index in [1.807, 2.05) is 32.0 Å². The molecule has 1 rings (SSSR count). The number of nitriles is 1. The molecule has 0 aliphatic carbocycles. The summed E-state index contributed by atoms with van der Waals surface area (Å²) in [6.07, 6.45) is 3.02. The van der Waals surface area contributed by atoms with E-state index in [0.29, 0.717) is 0 Å². The molecule has 0 spiro atoms. The van der Waals surface area contributed by atoms with Crippen LogP contribution in [-0.4, -0.2) is 13.1 Å². The molecule has 0 atom stereocenters. The Balaban J connectivity index is 2.65. The number of anilines is 2. The summed E-state index contributed by atoms with van der Waals surface area (Å²) >= 11 is 0. The van der Waals surface area contributed by atoms with E-state index in [1.54, 1.807) is 0 Å². The van der Waals surface area contributed by atoms with Gasteiger partial charge in [-0.15, -0.1) is 0 Å². The van der Waals surface area contributed by atoms with Crippen molar-refractivity contribution in [2.24, 2.45) is 5.41 Å². The summed E-state index contributed by atoms with van der Waals surface area (Å²) in [6.45, 7) is 8.11. The van der Waals surface area contributed by atoms with Crippen LogP contribution in [0.25, 0.3) is 0 Å². The summed E-state index contributed by atoms with van der Waals surface area (Å²) < 4.78 is 0. The highest BCUT2D eigenvalue weighted by Crippen LogP contribution is 2.25. The van der Waals surface area contributed by atoms with Crippen LogP contribution in [0.1, 0.15) is 40.0 Å². The topological polar surface area (TPSA) is 53.0 Å². The number of para-hydroxylation sites is 2. The molecule has 0 bridgehead atoms. The number of nitrogen functional groups attached to an aromatic ring is 1. The van der Waals surface area contributed by atoms with Crippen LogP contribution in [0, 0.1) is 16.7 Å². The number of hydrogen-bond donors (Lipinski definition) is 1. The average molecular weight is 259 g/mol. The van der Waals surface area contributed by atoms with Gasteiger partial charge >= 0.3 is 0 Å². The molecule has 19 heavy (non-hydrogen) atoms. The molecule has 0 aliphatic heterocycles. The minimum atomic E-state index is -0.236. The Morgan fingerprint density at radius 3 is 2.53 bits per heavy atom. The van der Waals surface area contributed by atoms with Gasteiger partial charge < -0.3 is 10.6 Å². The largest absolute Gasteiger partial charge is 0.397 e. The molecule has 0 heterocycles. The van der Waals surface area contributed by atoms with Crippen LogP contribution in [0.5, 0.6) is 0 Å². The van der Waals surface area contributed by atoms with Gasteiger partial charge in [-0.05, 0) is 45.2 Å². The van der Waals surface area contributed by atoms with Gasteiger partial charge in [0, 0.05) is 13.1 Å². The second-order valence-electron chi connectivity index (χ2n) is 5.65. The zero-order valence-corrected chi connectivity index (χ0v) is 12.3. The van der Waals surface area contributed by atoms with Crippen molar-refractivity contribution in [3.8, 4) is 6.07 Å². The van der Waals surface area contributed by atoms with Crippen LogP contribution in [0.3, 0.4) is 0 Å². The minimum absolute atomic E-state index is 0.236. The van der Waals surface area contributed by atoms with Crippen LogP contribution in [-0.2, 0) is 0 Å². The van der Waals surface area contributed by atoms with Gasteiger partial charge in [-0.2, -0.15) is 5.26 Å². The third-order valence-electron chi connectivity index (χ3n) is 3.30. The molecule has 0 saturated carbocycles. The van der Waals surface area contributed by atoms with Gasteiger partial charge in [0.2, 0.25) is 0 Å². The van der Waals surface area contributed by atoms with Crippen molar-refractivity contribution < 1.29 is 0 Å². The monoisotopic (exact) mass is 259 g/mol. The lowest BCUT2D eigenvalue weighted by molar-refractivity contribution is 0.434. The Labute approximate surface area is 117 Å². The maximum absolute atomic E-state index is 9.04. The second-order valence-corrected chi connectivity index (χ2v) is 5.65. The summed E-state index contributed by atoms with van der Waals surface area (Å²) in [7, 11) is 0. The average Bonchev–Trinajstić information content (AvgIpc) is 2.38. The summed E-state index contributed by atoms with van der Waals surface area (Å²) in [4.78, 5) is 2.32. The predicted octanol–water partition coefficient (Wildman–Crippen LogP) is 3.82. The smallest absolute Gasteiger partial charge is 0.0683 e. The van der Waals surface area contributed by atoms with E-state index in [2.05, 4.69) is 24.0 Å². The number of rotatable bonds is 7. The van der Waals surface area contributed by atoms with Crippen LogP contribution < -0.4 is 10.6 Å². The summed E-state index contributed by atoms with van der Waals surface area (Å²) in [6, 6.07) is 10.3. The zero-order valence-electron chi connectivity index (χ0n) is 12.3. The van der Waals surface area contributed by atoms with E-state index in [1.165, 1.54) is 0 Å². The summed E-state index contributed by atoms with van der Waals surface area (Å²) in [5, 5.41) is 9.04. The Morgan fingerprint density at radius 1 is 1.26 bits per heavy atom. The highest BCUT2D eigenvalue weighted by molar-refractivity contribution is 5.67. The highest BCUT2D eigenvalue weighted by Gasteiger charge is 2.17. The third-order valence-corrected chi connectivity index (χ3v) is 3.30. The molecular formula is C16H25N3. The molecule has 0 saturated heterocycles. The lowest BCUT2D eigenvalue weighted by Gasteiger charge is -2.27. The first-order valence-corrected chi connectivity index (χ1v) is 7.01. The zero-order chi connectivity index (χ0) is 14.3. The fourth-order valence-electron chi connectivity index (χ4n) is 2.17. The van der Waals surface area contributed by atoms with Crippen molar-refractivity contribution in [3.05, 3.63) is 24.3 Å². The Bertz CT molecular complexity index is 432. The molecule has 104 valence electrons. The van der Waals surface area contributed by atoms with Gasteiger partial charge in [-0.1, -0.05) is 19.1 Å². The van der Waals surface area contributed by atoms with E-state index < -0.39 is 0 Å². The first-order valence-electron chi connectivity index (χ1n) is 7.01. The molecule has 0 aliphatic rings. The van der Waals surface area contributed by atoms with E-state index in [4.69, 9.17) is 11.0 Å². The molecule has 3 nitrogen and oxygen atoms in total. The quantitative estimate of drug-likeness (QED) is 0.757. The number of nitrogens with two attached hydrogens (primary N) is 1. The number of benzene rings is 1. The molecule has 1 aromatic rings. The van der Waals surface area contributed by atoms with Gasteiger partial charge in [0.15, 0.2) is 0 Å². The van der Waals surface area contributed by atoms with Crippen molar-refractivity contribution in [1.29, 1.82) is 5.26 Å². The van der Waals surface area contributed by atoms with Crippen molar-refractivity contribution in [2.75, 3.05) is 23.7 Å². The lowest BCUT2D eigenvalue weighted by Crippen LogP contribution is -2.27. The summed E-state index contributed by atoms with van der Waals surface area (Å²) in [5.74, 6) is 0. The molecule has 0 amide bonds. The Hall–Kier alpha value is -1.69. The molecule has 0 radical (unpaired) electrons. The van der Waals surface area contributed by atoms with Gasteiger partial charge in [0.25, 0.3) is 0 Å². The lowest BCUT2D eigenvalue weighted by atomic mass is 9.90. The molecule has 1 aromatic carbocycles. The second kappa shape index (κ2) is 7.04. The van der Waals surface area contributed by atoms with Crippen LogP contribution in [0.15, 0.2) is 24.3 Å². The number of hydrogen-bond acceptors (Lipinski definition) is 3. The normalized spacial score (nSPS) is 11.1. The Kier molecular flexibility index (Phi) is 5.69. The standard InChI is InChI=1S/C16H25N3/c1-4-11-19(12-7-10-16(2,3)13-17)15-9-6-5-8-14(15)18/h5-6,8-9H,4,7,10-12,18H2,1-3H3. The molecular weight excluding hydrogens is 234 g/mol. The fraction of sp³-hybridized carbons (Fsp3) is 0.562. The van der Waals surface area contributed by atoms with Crippen LogP contribution in [0.4, 0.5) is 11.4 Å². The fourth-order valence-corrected chi connectivity index (χ4v) is 2.17. The SMILES string of the molecule is CCCN(CCCC(C)(C)C#N)c1ccccc1N. The van der Waals surface area contributed by atoms with Gasteiger partial charge in [-0.25, -0.2) is 0 Å². The van der Waals surface area contributed by atoms with E-state index in [9.17, 15) is 0 Å². The highest BCUT2D eigenvalue weighted by atomic mass is 15.1. The molecule has 0 unspecified atom stereocenters. The predicted molar refractivity (Wildman–Crippen MR) is 82.0 cm³/mol. The van der Waals surface area contributed by atoms with E-state index >= 15 is 0 Å². The minimum Gasteiger partial charge on any atom is -0.397 e. The molecule has 3 heteroatoms. The number of nitrogens with zero attached hydrogens (tertiary/aromatic N) is 2. The maximum Gasteiger partial charge on any atom is 0.0683 e. The van der Waals surface area contributed by atoms with Gasteiger partial charge in [0.1, 0.15) is 0 Å². The van der Waals surface area contributed by atoms with Crippen LogP contribution in [0.2, 0.25) is 0 Å². The maximum atomic E-state index is 9.04. The van der Waals surface area contributed by atoms with Crippen molar-refractivity contribution >= 4 is 11.4 Å². The van der Waals surface area contributed by atoms with Gasteiger partial charge in [0.05, 0.1) is 22.9 Å². The molecule has 0 fully saturated rings.